The fraction of sp³-hybridized carbons (Fsp3) is 0.0625. The van der Waals surface area contributed by atoms with Gasteiger partial charge in [-0.05, 0) is 30.3 Å². The molecule has 1 heterocycles. The summed E-state index contributed by atoms with van der Waals surface area (Å²) in [7, 11) is 0. The molecule has 0 saturated heterocycles. The maximum Gasteiger partial charge on any atom is 0.120 e. The van der Waals surface area contributed by atoms with Crippen molar-refractivity contribution in [1.29, 1.82) is 0 Å². The van der Waals surface area contributed by atoms with Crippen molar-refractivity contribution in [1.82, 2.24) is 10.2 Å². The lowest BCUT2D eigenvalue weighted by molar-refractivity contribution is 0.306. The summed E-state index contributed by atoms with van der Waals surface area (Å²) in [5.41, 5.74) is 2.74. The highest BCUT2D eigenvalue weighted by atomic mass is 35.5. The number of benzene rings is 2. The van der Waals surface area contributed by atoms with Gasteiger partial charge in [-0.25, -0.2) is 0 Å². The highest BCUT2D eigenvalue weighted by Crippen LogP contribution is 2.27. The highest BCUT2D eigenvalue weighted by molar-refractivity contribution is 6.35. The topological polar surface area (TPSA) is 37.9 Å². The predicted molar refractivity (Wildman–Crippen MR) is 84.8 cm³/mol. The Labute approximate surface area is 132 Å². The molecule has 0 aliphatic heterocycles. The average molecular weight is 319 g/mol. The van der Waals surface area contributed by atoms with Crippen LogP contribution in [0.1, 0.15) is 5.56 Å². The van der Waals surface area contributed by atoms with Crippen LogP contribution < -0.4 is 4.74 Å². The maximum atomic E-state index is 6.13. The van der Waals surface area contributed by atoms with Gasteiger partial charge in [0.1, 0.15) is 12.4 Å². The van der Waals surface area contributed by atoms with E-state index >= 15 is 0 Å². The maximum absolute atomic E-state index is 6.13. The van der Waals surface area contributed by atoms with Gasteiger partial charge in [-0.1, -0.05) is 41.4 Å². The van der Waals surface area contributed by atoms with E-state index < -0.39 is 0 Å². The van der Waals surface area contributed by atoms with Gasteiger partial charge in [0.2, 0.25) is 0 Å². The van der Waals surface area contributed by atoms with E-state index in [0.717, 1.165) is 22.6 Å². The number of hydrogen-bond donors (Lipinski definition) is 1. The first kappa shape index (κ1) is 14.0. The number of halogens is 2. The number of aromatic amines is 1. The number of nitrogens with one attached hydrogen (secondary N) is 1. The first-order chi connectivity index (χ1) is 10.2. The summed E-state index contributed by atoms with van der Waals surface area (Å²) in [4.78, 5) is 0. The molecular weight excluding hydrogens is 307 g/mol. The zero-order chi connectivity index (χ0) is 14.7. The Balaban J connectivity index is 1.78. The molecule has 0 saturated carbocycles. The third kappa shape index (κ3) is 3.20. The van der Waals surface area contributed by atoms with E-state index in [2.05, 4.69) is 10.2 Å². The standard InChI is InChI=1S/C16H12Cl2N2O/c17-14-5-2-6-15(18)13(14)10-21-12-4-1-3-11(9-12)16-7-8-19-20-16/h1-9H,10H2,(H,19,20). The summed E-state index contributed by atoms with van der Waals surface area (Å²) in [6.07, 6.45) is 1.71. The summed E-state index contributed by atoms with van der Waals surface area (Å²) < 4.78 is 5.79. The number of aromatic nitrogens is 2. The molecule has 1 aromatic heterocycles. The number of hydrogen-bond acceptors (Lipinski definition) is 2. The zero-order valence-electron chi connectivity index (χ0n) is 11.0. The average Bonchev–Trinajstić information content (AvgIpc) is 3.01. The van der Waals surface area contributed by atoms with Crippen molar-refractivity contribution in [3.05, 3.63) is 70.3 Å². The van der Waals surface area contributed by atoms with Crippen molar-refractivity contribution >= 4 is 23.2 Å². The zero-order valence-corrected chi connectivity index (χ0v) is 12.5. The van der Waals surface area contributed by atoms with Crippen molar-refractivity contribution in [2.45, 2.75) is 6.61 Å². The van der Waals surface area contributed by atoms with Crippen LogP contribution in [0.4, 0.5) is 0 Å². The van der Waals surface area contributed by atoms with Crippen molar-refractivity contribution in [2.24, 2.45) is 0 Å². The molecule has 0 bridgehead atoms. The summed E-state index contributed by atoms with van der Waals surface area (Å²) >= 11 is 12.3. The van der Waals surface area contributed by atoms with Gasteiger partial charge in [-0.15, -0.1) is 0 Å². The van der Waals surface area contributed by atoms with E-state index in [1.165, 1.54) is 0 Å². The quantitative estimate of drug-likeness (QED) is 0.738. The van der Waals surface area contributed by atoms with Crippen LogP contribution in [-0.2, 0) is 6.61 Å². The first-order valence-electron chi connectivity index (χ1n) is 6.39. The molecule has 106 valence electrons. The van der Waals surface area contributed by atoms with Crippen LogP contribution in [0.15, 0.2) is 54.7 Å². The van der Waals surface area contributed by atoms with Crippen LogP contribution in [0.2, 0.25) is 10.0 Å². The van der Waals surface area contributed by atoms with Crippen molar-refractivity contribution in [3.8, 4) is 17.0 Å². The lowest BCUT2D eigenvalue weighted by atomic mass is 10.1. The second-order valence-electron chi connectivity index (χ2n) is 4.49. The number of ether oxygens (including phenoxy) is 1. The summed E-state index contributed by atoms with van der Waals surface area (Å²) in [6.45, 7) is 0.324. The molecule has 5 heteroatoms. The van der Waals surface area contributed by atoms with Crippen molar-refractivity contribution in [2.75, 3.05) is 0 Å². The molecule has 0 amide bonds. The molecule has 0 radical (unpaired) electrons. The SMILES string of the molecule is Clc1cccc(Cl)c1COc1cccc(-c2ccn[nH]2)c1. The Morgan fingerprint density at radius 3 is 2.48 bits per heavy atom. The third-order valence-electron chi connectivity index (χ3n) is 3.09. The molecule has 3 aromatic rings. The normalized spacial score (nSPS) is 10.6. The number of rotatable bonds is 4. The van der Waals surface area contributed by atoms with Crippen LogP contribution >= 0.6 is 23.2 Å². The van der Waals surface area contributed by atoms with E-state index in [9.17, 15) is 0 Å². The molecule has 3 nitrogen and oxygen atoms in total. The van der Waals surface area contributed by atoms with E-state index in [1.54, 1.807) is 18.3 Å². The van der Waals surface area contributed by atoms with Crippen LogP contribution in [0, 0.1) is 0 Å². The van der Waals surface area contributed by atoms with Gasteiger partial charge in [0, 0.05) is 27.4 Å². The molecule has 0 aliphatic carbocycles. The van der Waals surface area contributed by atoms with E-state index in [-0.39, 0.29) is 0 Å². The van der Waals surface area contributed by atoms with Gasteiger partial charge in [0.15, 0.2) is 0 Å². The largest absolute Gasteiger partial charge is 0.489 e. The number of nitrogens with zero attached hydrogens (tertiary/aromatic N) is 1. The summed E-state index contributed by atoms with van der Waals surface area (Å²) in [5, 5.41) is 8.08. The molecule has 3 rings (SSSR count). The lowest BCUT2D eigenvalue weighted by Gasteiger charge is -2.10. The lowest BCUT2D eigenvalue weighted by Crippen LogP contribution is -1.97. The molecule has 0 fully saturated rings. The van der Waals surface area contributed by atoms with Gasteiger partial charge in [-0.3, -0.25) is 5.10 Å². The van der Waals surface area contributed by atoms with Crippen LogP contribution in [0.25, 0.3) is 11.3 Å². The van der Waals surface area contributed by atoms with Crippen LogP contribution in [-0.4, -0.2) is 10.2 Å². The highest BCUT2D eigenvalue weighted by Gasteiger charge is 2.07. The Morgan fingerprint density at radius 1 is 1.00 bits per heavy atom. The Kier molecular flexibility index (Phi) is 4.13. The summed E-state index contributed by atoms with van der Waals surface area (Å²) in [5.74, 6) is 0.748. The summed E-state index contributed by atoms with van der Waals surface area (Å²) in [6, 6.07) is 15.1. The first-order valence-corrected chi connectivity index (χ1v) is 7.15. The molecule has 21 heavy (non-hydrogen) atoms. The Morgan fingerprint density at radius 2 is 1.76 bits per heavy atom. The van der Waals surface area contributed by atoms with Crippen LogP contribution in [0.5, 0.6) is 5.75 Å². The van der Waals surface area contributed by atoms with Gasteiger partial charge >= 0.3 is 0 Å². The fourth-order valence-corrected chi connectivity index (χ4v) is 2.50. The van der Waals surface area contributed by atoms with E-state index in [0.29, 0.717) is 16.7 Å². The smallest absolute Gasteiger partial charge is 0.120 e. The minimum absolute atomic E-state index is 0.324. The second kappa shape index (κ2) is 6.20. The Hall–Kier alpha value is -1.97. The van der Waals surface area contributed by atoms with Crippen molar-refractivity contribution in [3.63, 3.8) is 0 Å². The molecular formula is C16H12Cl2N2O. The predicted octanol–water partition coefficient (Wildman–Crippen LogP) is 4.96. The Bertz CT molecular complexity index is 722. The monoisotopic (exact) mass is 318 g/mol. The fourth-order valence-electron chi connectivity index (χ4n) is 2.00. The molecule has 1 N–H and O–H groups in total. The van der Waals surface area contributed by atoms with Crippen LogP contribution in [0.3, 0.4) is 0 Å². The van der Waals surface area contributed by atoms with Gasteiger partial charge in [0.05, 0.1) is 5.69 Å². The minimum Gasteiger partial charge on any atom is -0.489 e. The van der Waals surface area contributed by atoms with Gasteiger partial charge in [0.25, 0.3) is 0 Å². The molecule has 2 aromatic carbocycles. The van der Waals surface area contributed by atoms with E-state index in [4.69, 9.17) is 27.9 Å². The van der Waals surface area contributed by atoms with E-state index in [1.807, 2.05) is 36.4 Å². The third-order valence-corrected chi connectivity index (χ3v) is 3.80. The molecule has 0 atom stereocenters. The molecule has 0 unspecified atom stereocenters. The van der Waals surface area contributed by atoms with Crippen molar-refractivity contribution < 1.29 is 4.74 Å². The number of H-pyrrole nitrogens is 1. The van der Waals surface area contributed by atoms with Gasteiger partial charge in [-0.2, -0.15) is 5.10 Å². The second-order valence-corrected chi connectivity index (χ2v) is 5.30. The molecule has 0 spiro atoms. The molecule has 0 aliphatic rings. The van der Waals surface area contributed by atoms with Gasteiger partial charge < -0.3 is 4.74 Å². The minimum atomic E-state index is 0.324.